The second kappa shape index (κ2) is 11.3. The molecule has 0 aliphatic carbocycles. The summed E-state index contributed by atoms with van der Waals surface area (Å²) in [6.07, 6.45) is -0.00851. The van der Waals surface area contributed by atoms with Crippen molar-refractivity contribution in [3.05, 3.63) is 11.7 Å². The van der Waals surface area contributed by atoms with Gasteiger partial charge in [0.15, 0.2) is 11.9 Å². The number of carbonyl (C=O) groups is 2. The number of aliphatic hydroxyl groups is 2. The molecule has 1 rings (SSSR count). The van der Waals surface area contributed by atoms with E-state index in [1.54, 1.807) is 0 Å². The summed E-state index contributed by atoms with van der Waals surface area (Å²) in [6.45, 7) is 4.96. The number of carboxylic acids is 1. The van der Waals surface area contributed by atoms with E-state index < -0.39 is 30.2 Å². The Labute approximate surface area is 139 Å². The van der Waals surface area contributed by atoms with Crippen LogP contribution >= 0.6 is 0 Å². The van der Waals surface area contributed by atoms with Crippen LogP contribution in [0.1, 0.15) is 44.9 Å². The van der Waals surface area contributed by atoms with E-state index in [1.165, 1.54) is 13.3 Å². The Morgan fingerprint density at radius 3 is 2.42 bits per heavy atom. The van der Waals surface area contributed by atoms with Crippen LogP contribution in [0.4, 0.5) is 4.79 Å². The van der Waals surface area contributed by atoms with Crippen LogP contribution in [0.5, 0.6) is 0 Å². The van der Waals surface area contributed by atoms with Gasteiger partial charge in [0.1, 0.15) is 0 Å². The summed E-state index contributed by atoms with van der Waals surface area (Å²) in [5.74, 6) is -1.25. The van der Waals surface area contributed by atoms with Crippen LogP contribution < -0.4 is 16.4 Å². The van der Waals surface area contributed by atoms with Crippen LogP contribution in [0.15, 0.2) is 4.52 Å². The number of amides is 2. The number of hydrogen-bond donors (Lipinski definition) is 6. The van der Waals surface area contributed by atoms with Crippen LogP contribution in [0.2, 0.25) is 0 Å². The van der Waals surface area contributed by atoms with Gasteiger partial charge in [-0.3, -0.25) is 0 Å². The van der Waals surface area contributed by atoms with E-state index in [-0.39, 0.29) is 24.9 Å². The lowest BCUT2D eigenvalue weighted by atomic mass is 10.2. The van der Waals surface area contributed by atoms with E-state index >= 15 is 0 Å². The zero-order chi connectivity index (χ0) is 18.7. The predicted molar refractivity (Wildman–Crippen MR) is 82.8 cm³/mol. The molecule has 3 unspecified atom stereocenters. The van der Waals surface area contributed by atoms with Gasteiger partial charge in [0.25, 0.3) is 0 Å². The number of aliphatic hydroxyl groups excluding tert-OH is 2. The Balaban J connectivity index is 0.00000163. The largest absolute Gasteiger partial charge is 0.480 e. The molecule has 0 fully saturated rings. The number of hydrogen-bond acceptors (Lipinski definition) is 8. The molecule has 2 amide bonds. The fourth-order valence-corrected chi connectivity index (χ4v) is 1.31. The van der Waals surface area contributed by atoms with Crippen molar-refractivity contribution in [2.24, 2.45) is 5.73 Å². The molecular formula is C13H25N5O6. The van der Waals surface area contributed by atoms with Crippen molar-refractivity contribution >= 4 is 12.0 Å². The summed E-state index contributed by atoms with van der Waals surface area (Å²) in [7, 11) is 0. The SMILES string of the molecule is CC(O)C(NC(=O)NCc1nc(C(N)CO)no1)C(=O)O.CCC. The molecule has 138 valence electrons. The van der Waals surface area contributed by atoms with Crippen LogP contribution in [0, 0.1) is 0 Å². The molecule has 1 heterocycles. The topological polar surface area (TPSA) is 184 Å². The lowest BCUT2D eigenvalue weighted by Gasteiger charge is -2.16. The first kappa shape index (κ1) is 21.8. The normalized spacial score (nSPS) is 13.9. The number of nitrogens with two attached hydrogens (primary N) is 1. The molecule has 0 aliphatic heterocycles. The molecule has 7 N–H and O–H groups in total. The molecule has 0 aromatic carbocycles. The predicted octanol–water partition coefficient (Wildman–Crippen LogP) is -0.889. The second-order valence-corrected chi connectivity index (χ2v) is 4.93. The van der Waals surface area contributed by atoms with E-state index in [0.29, 0.717) is 0 Å². The first-order valence-corrected chi connectivity index (χ1v) is 7.40. The van der Waals surface area contributed by atoms with Gasteiger partial charge in [0.05, 0.1) is 25.3 Å². The average Bonchev–Trinajstić information content (AvgIpc) is 2.99. The summed E-state index contributed by atoms with van der Waals surface area (Å²) >= 11 is 0. The van der Waals surface area contributed by atoms with Gasteiger partial charge in [-0.2, -0.15) is 4.98 Å². The van der Waals surface area contributed by atoms with Crippen molar-refractivity contribution < 1.29 is 29.4 Å². The standard InChI is InChI=1S/C10H17N5O6.C3H8/c1-4(17)7(9(18)19)14-10(20)12-2-6-13-8(15-21-6)5(11)3-16;1-3-2/h4-5,7,16-17H,2-3,11H2,1H3,(H,18,19)(H2,12,14,20);3H2,1-2H3. The number of aromatic nitrogens is 2. The maximum Gasteiger partial charge on any atom is 0.328 e. The van der Waals surface area contributed by atoms with Gasteiger partial charge in [0.2, 0.25) is 5.89 Å². The van der Waals surface area contributed by atoms with Crippen molar-refractivity contribution in [3.63, 3.8) is 0 Å². The van der Waals surface area contributed by atoms with Gasteiger partial charge >= 0.3 is 12.0 Å². The molecule has 3 atom stereocenters. The van der Waals surface area contributed by atoms with Gasteiger partial charge in [-0.05, 0) is 6.92 Å². The minimum absolute atomic E-state index is 0.0352. The first-order chi connectivity index (χ1) is 11.3. The molecule has 1 aromatic heterocycles. The first-order valence-electron chi connectivity index (χ1n) is 7.40. The van der Waals surface area contributed by atoms with Crippen LogP contribution in [0.25, 0.3) is 0 Å². The lowest BCUT2D eigenvalue weighted by Crippen LogP contribution is -2.51. The summed E-state index contributed by atoms with van der Waals surface area (Å²) in [5.41, 5.74) is 5.47. The molecular weight excluding hydrogens is 322 g/mol. The highest BCUT2D eigenvalue weighted by Gasteiger charge is 2.25. The fraction of sp³-hybridized carbons (Fsp3) is 0.692. The van der Waals surface area contributed by atoms with E-state index in [1.807, 2.05) is 0 Å². The molecule has 11 nitrogen and oxygen atoms in total. The molecule has 0 saturated carbocycles. The molecule has 0 spiro atoms. The van der Waals surface area contributed by atoms with Gasteiger partial charge in [-0.25, -0.2) is 9.59 Å². The van der Waals surface area contributed by atoms with E-state index in [2.05, 4.69) is 34.6 Å². The Bertz CT molecular complexity index is 507. The third-order valence-electron chi connectivity index (χ3n) is 2.45. The zero-order valence-electron chi connectivity index (χ0n) is 13.9. The molecule has 11 heteroatoms. The molecule has 0 saturated heterocycles. The highest BCUT2D eigenvalue weighted by atomic mass is 16.5. The van der Waals surface area contributed by atoms with Crippen molar-refractivity contribution in [3.8, 4) is 0 Å². The summed E-state index contributed by atoms with van der Waals surface area (Å²) in [4.78, 5) is 26.1. The second-order valence-electron chi connectivity index (χ2n) is 4.93. The molecule has 24 heavy (non-hydrogen) atoms. The Morgan fingerprint density at radius 1 is 1.38 bits per heavy atom. The van der Waals surface area contributed by atoms with Crippen molar-refractivity contribution in [1.29, 1.82) is 0 Å². The Hall–Kier alpha value is -2.24. The Kier molecular flexibility index (Phi) is 10.3. The summed E-state index contributed by atoms with van der Waals surface area (Å²) in [5, 5.41) is 34.7. The Morgan fingerprint density at radius 2 is 1.96 bits per heavy atom. The van der Waals surface area contributed by atoms with E-state index in [0.717, 1.165) is 0 Å². The molecule has 1 aromatic rings. The summed E-state index contributed by atoms with van der Waals surface area (Å²) in [6, 6.07) is -3.05. The number of carbonyl (C=O) groups excluding carboxylic acids is 1. The minimum Gasteiger partial charge on any atom is -0.480 e. The molecule has 0 bridgehead atoms. The van der Waals surface area contributed by atoms with Crippen LogP contribution in [-0.4, -0.2) is 56.2 Å². The quantitative estimate of drug-likeness (QED) is 0.364. The smallest absolute Gasteiger partial charge is 0.328 e. The zero-order valence-corrected chi connectivity index (χ0v) is 13.9. The van der Waals surface area contributed by atoms with Gasteiger partial charge in [0, 0.05) is 0 Å². The third-order valence-corrected chi connectivity index (χ3v) is 2.45. The monoisotopic (exact) mass is 347 g/mol. The number of aliphatic carboxylic acids is 1. The highest BCUT2D eigenvalue weighted by molar-refractivity contribution is 5.82. The summed E-state index contributed by atoms with van der Waals surface area (Å²) < 4.78 is 4.78. The van der Waals surface area contributed by atoms with Gasteiger partial charge in [-0.1, -0.05) is 25.4 Å². The maximum atomic E-state index is 11.5. The van der Waals surface area contributed by atoms with E-state index in [4.69, 9.17) is 20.5 Å². The molecule has 0 aliphatic rings. The lowest BCUT2D eigenvalue weighted by molar-refractivity contribution is -0.141. The van der Waals surface area contributed by atoms with Gasteiger partial charge in [-0.15, -0.1) is 0 Å². The number of carboxylic acid groups (broad SMARTS) is 1. The van der Waals surface area contributed by atoms with Crippen molar-refractivity contribution in [2.75, 3.05) is 6.61 Å². The fourth-order valence-electron chi connectivity index (χ4n) is 1.31. The minimum atomic E-state index is -1.44. The number of nitrogens with zero attached hydrogens (tertiary/aromatic N) is 2. The number of rotatable bonds is 7. The highest BCUT2D eigenvalue weighted by Crippen LogP contribution is 2.04. The number of nitrogens with one attached hydrogen (secondary N) is 2. The van der Waals surface area contributed by atoms with Crippen molar-refractivity contribution in [2.45, 2.75) is 51.9 Å². The van der Waals surface area contributed by atoms with Crippen LogP contribution in [-0.2, 0) is 11.3 Å². The third kappa shape index (κ3) is 7.85. The van der Waals surface area contributed by atoms with Crippen LogP contribution in [0.3, 0.4) is 0 Å². The van der Waals surface area contributed by atoms with E-state index in [9.17, 15) is 14.7 Å². The van der Waals surface area contributed by atoms with Crippen molar-refractivity contribution in [1.82, 2.24) is 20.8 Å². The average molecular weight is 347 g/mol. The van der Waals surface area contributed by atoms with Gasteiger partial charge < -0.3 is 36.2 Å². The molecule has 0 radical (unpaired) electrons. The maximum absolute atomic E-state index is 11.5. The number of urea groups is 1.